The fourth-order valence-corrected chi connectivity index (χ4v) is 4.43. The van der Waals surface area contributed by atoms with Gasteiger partial charge in [-0.3, -0.25) is 14.7 Å². The SMILES string of the molecule is CN(C)CC(=O)N1C[C@H]2CCC[C@H](N(C)Cc3ccccn3)[C@H]2C1. The van der Waals surface area contributed by atoms with Crippen LogP contribution in [0.5, 0.6) is 0 Å². The van der Waals surface area contributed by atoms with Crippen molar-refractivity contribution in [3.63, 3.8) is 0 Å². The number of hydrogen-bond donors (Lipinski definition) is 0. The van der Waals surface area contributed by atoms with Gasteiger partial charge in [0, 0.05) is 31.9 Å². The number of carbonyl (C=O) groups is 1. The van der Waals surface area contributed by atoms with E-state index in [1.807, 2.05) is 31.3 Å². The minimum Gasteiger partial charge on any atom is -0.341 e. The van der Waals surface area contributed by atoms with E-state index in [4.69, 9.17) is 0 Å². The highest BCUT2D eigenvalue weighted by molar-refractivity contribution is 5.78. The molecule has 3 rings (SSSR count). The van der Waals surface area contributed by atoms with Gasteiger partial charge in [-0.15, -0.1) is 0 Å². The Hall–Kier alpha value is -1.46. The second-order valence-corrected chi connectivity index (χ2v) is 7.69. The van der Waals surface area contributed by atoms with Crippen LogP contribution in [0.2, 0.25) is 0 Å². The summed E-state index contributed by atoms with van der Waals surface area (Å²) in [6, 6.07) is 6.67. The number of likely N-dealkylation sites (tertiary alicyclic amines) is 1. The topological polar surface area (TPSA) is 39.7 Å². The molecule has 2 fully saturated rings. The highest BCUT2D eigenvalue weighted by Gasteiger charge is 2.42. The predicted molar refractivity (Wildman–Crippen MR) is 95.5 cm³/mol. The zero-order valence-corrected chi connectivity index (χ0v) is 15.2. The second kappa shape index (κ2) is 7.62. The number of aromatic nitrogens is 1. The molecule has 0 aromatic carbocycles. The fourth-order valence-electron chi connectivity index (χ4n) is 4.43. The van der Waals surface area contributed by atoms with Crippen molar-refractivity contribution in [3.8, 4) is 0 Å². The largest absolute Gasteiger partial charge is 0.341 e. The summed E-state index contributed by atoms with van der Waals surface area (Å²) in [7, 11) is 6.14. The summed E-state index contributed by atoms with van der Waals surface area (Å²) in [6.07, 6.45) is 5.64. The van der Waals surface area contributed by atoms with Gasteiger partial charge in [-0.2, -0.15) is 0 Å². The molecule has 24 heavy (non-hydrogen) atoms. The lowest BCUT2D eigenvalue weighted by molar-refractivity contribution is -0.131. The first-order chi connectivity index (χ1) is 11.5. The van der Waals surface area contributed by atoms with Crippen LogP contribution in [0.4, 0.5) is 0 Å². The fraction of sp³-hybridized carbons (Fsp3) is 0.684. The molecule has 132 valence electrons. The maximum absolute atomic E-state index is 12.4. The Kier molecular flexibility index (Phi) is 5.51. The minimum atomic E-state index is 0.278. The third-order valence-electron chi connectivity index (χ3n) is 5.57. The number of carbonyl (C=O) groups excluding carboxylic acids is 1. The molecular formula is C19H30N4O. The summed E-state index contributed by atoms with van der Waals surface area (Å²) in [5.41, 5.74) is 1.13. The normalized spacial score (nSPS) is 26.9. The van der Waals surface area contributed by atoms with E-state index < -0.39 is 0 Å². The molecule has 1 aromatic rings. The van der Waals surface area contributed by atoms with Gasteiger partial charge in [0.05, 0.1) is 12.2 Å². The average Bonchev–Trinajstić information content (AvgIpc) is 2.99. The molecule has 0 unspecified atom stereocenters. The van der Waals surface area contributed by atoms with Crippen LogP contribution in [0.15, 0.2) is 24.4 Å². The third-order valence-corrected chi connectivity index (χ3v) is 5.57. The molecule has 0 bridgehead atoms. The van der Waals surface area contributed by atoms with Gasteiger partial charge >= 0.3 is 0 Å². The predicted octanol–water partition coefficient (Wildman–Crippen LogP) is 1.70. The maximum Gasteiger partial charge on any atom is 0.236 e. The Balaban J connectivity index is 1.64. The summed E-state index contributed by atoms with van der Waals surface area (Å²) in [5.74, 6) is 1.56. The van der Waals surface area contributed by atoms with Crippen LogP contribution in [0.3, 0.4) is 0 Å². The molecule has 1 saturated carbocycles. The van der Waals surface area contributed by atoms with Crippen molar-refractivity contribution in [2.75, 3.05) is 40.8 Å². The molecule has 3 atom stereocenters. The van der Waals surface area contributed by atoms with Gasteiger partial charge in [0.1, 0.15) is 0 Å². The first-order valence-corrected chi connectivity index (χ1v) is 9.07. The van der Waals surface area contributed by atoms with Gasteiger partial charge in [0.25, 0.3) is 0 Å². The summed E-state index contributed by atoms with van der Waals surface area (Å²) in [5, 5.41) is 0. The number of likely N-dealkylation sites (N-methyl/N-ethyl adjacent to an activating group) is 1. The van der Waals surface area contributed by atoms with Gasteiger partial charge in [0.15, 0.2) is 0 Å². The highest BCUT2D eigenvalue weighted by atomic mass is 16.2. The van der Waals surface area contributed by atoms with Crippen LogP contribution in [0.1, 0.15) is 25.0 Å². The van der Waals surface area contributed by atoms with E-state index in [0.717, 1.165) is 25.3 Å². The molecule has 5 nitrogen and oxygen atoms in total. The Morgan fingerprint density at radius 1 is 1.25 bits per heavy atom. The minimum absolute atomic E-state index is 0.278. The number of pyridine rings is 1. The molecule has 0 spiro atoms. The van der Waals surface area contributed by atoms with Crippen LogP contribution >= 0.6 is 0 Å². The van der Waals surface area contributed by atoms with Crippen molar-refractivity contribution in [2.24, 2.45) is 11.8 Å². The van der Waals surface area contributed by atoms with Crippen molar-refractivity contribution in [1.29, 1.82) is 0 Å². The molecule has 1 aromatic heterocycles. The van der Waals surface area contributed by atoms with Gasteiger partial charge in [-0.25, -0.2) is 0 Å². The lowest BCUT2D eigenvalue weighted by Gasteiger charge is -2.38. The summed E-state index contributed by atoms with van der Waals surface area (Å²) < 4.78 is 0. The van der Waals surface area contributed by atoms with Gasteiger partial charge in [-0.05, 0) is 58.0 Å². The zero-order valence-electron chi connectivity index (χ0n) is 15.2. The highest BCUT2D eigenvalue weighted by Crippen LogP contribution is 2.38. The third kappa shape index (κ3) is 3.95. The molecule has 1 saturated heterocycles. The number of rotatable bonds is 5. The molecule has 2 heterocycles. The van der Waals surface area contributed by atoms with Crippen molar-refractivity contribution in [3.05, 3.63) is 30.1 Å². The average molecular weight is 330 g/mol. The maximum atomic E-state index is 12.4. The van der Waals surface area contributed by atoms with Crippen molar-refractivity contribution >= 4 is 5.91 Å². The molecule has 2 aliphatic rings. The number of amides is 1. The molecule has 1 aliphatic carbocycles. The van der Waals surface area contributed by atoms with Crippen LogP contribution < -0.4 is 0 Å². The molecule has 1 aliphatic heterocycles. The second-order valence-electron chi connectivity index (χ2n) is 7.69. The lowest BCUT2D eigenvalue weighted by atomic mass is 9.77. The molecular weight excluding hydrogens is 300 g/mol. The number of hydrogen-bond acceptors (Lipinski definition) is 4. The van der Waals surface area contributed by atoms with Crippen LogP contribution in [0.25, 0.3) is 0 Å². The quantitative estimate of drug-likeness (QED) is 0.824. The molecule has 0 N–H and O–H groups in total. The summed E-state index contributed by atoms with van der Waals surface area (Å²) in [4.78, 5) is 23.4. The van der Waals surface area contributed by atoms with E-state index in [0.29, 0.717) is 24.4 Å². The summed E-state index contributed by atoms with van der Waals surface area (Å²) in [6.45, 7) is 3.29. The van der Waals surface area contributed by atoms with Crippen molar-refractivity contribution in [2.45, 2.75) is 31.8 Å². The van der Waals surface area contributed by atoms with Crippen LogP contribution in [-0.4, -0.2) is 72.4 Å². The van der Waals surface area contributed by atoms with Crippen molar-refractivity contribution < 1.29 is 4.79 Å². The Bertz CT molecular complexity index is 548. The van der Waals surface area contributed by atoms with E-state index in [-0.39, 0.29) is 5.91 Å². The first kappa shape index (κ1) is 17.4. The number of nitrogens with zero attached hydrogens (tertiary/aromatic N) is 4. The Morgan fingerprint density at radius 2 is 2.08 bits per heavy atom. The van der Waals surface area contributed by atoms with Gasteiger partial charge < -0.3 is 9.80 Å². The smallest absolute Gasteiger partial charge is 0.236 e. The van der Waals surface area contributed by atoms with E-state index in [9.17, 15) is 4.79 Å². The van der Waals surface area contributed by atoms with Gasteiger partial charge in [0.2, 0.25) is 5.91 Å². The standard InChI is InChI=1S/C19H30N4O/c1-21(2)14-19(24)23-11-15-7-6-9-18(17(15)13-23)22(3)12-16-8-4-5-10-20-16/h4-5,8,10,15,17-18H,6-7,9,11-14H2,1-3H3/t15-,17+,18+/m1/s1. The summed E-state index contributed by atoms with van der Waals surface area (Å²) >= 11 is 0. The molecule has 0 radical (unpaired) electrons. The van der Waals surface area contributed by atoms with E-state index in [1.54, 1.807) is 0 Å². The first-order valence-electron chi connectivity index (χ1n) is 9.07. The van der Waals surface area contributed by atoms with Crippen LogP contribution in [-0.2, 0) is 11.3 Å². The zero-order chi connectivity index (χ0) is 17.1. The Labute approximate surface area is 145 Å². The monoisotopic (exact) mass is 330 g/mol. The molecule has 5 heteroatoms. The van der Waals surface area contributed by atoms with E-state index in [1.165, 1.54) is 19.3 Å². The Morgan fingerprint density at radius 3 is 2.79 bits per heavy atom. The van der Waals surface area contributed by atoms with Gasteiger partial charge in [-0.1, -0.05) is 12.5 Å². The number of fused-ring (bicyclic) bond motifs is 1. The van der Waals surface area contributed by atoms with Crippen LogP contribution in [0, 0.1) is 11.8 Å². The van der Waals surface area contributed by atoms with Crippen molar-refractivity contribution in [1.82, 2.24) is 19.7 Å². The molecule has 1 amide bonds. The van der Waals surface area contributed by atoms with E-state index in [2.05, 4.69) is 34.0 Å². The lowest BCUT2D eigenvalue weighted by Crippen LogP contribution is -2.43. The van der Waals surface area contributed by atoms with E-state index >= 15 is 0 Å².